The Hall–Kier alpha value is -1.37. The summed E-state index contributed by atoms with van der Waals surface area (Å²) >= 11 is 0. The van der Waals surface area contributed by atoms with Crippen molar-refractivity contribution >= 4 is 5.91 Å². The van der Waals surface area contributed by atoms with Gasteiger partial charge in [0.2, 0.25) is 0 Å². The summed E-state index contributed by atoms with van der Waals surface area (Å²) in [7, 11) is 2.01. The fraction of sp³-hybridized carbons (Fsp3) is 0.615. The predicted molar refractivity (Wildman–Crippen MR) is 70.2 cm³/mol. The zero-order chi connectivity index (χ0) is 14.0. The number of nitrogens with one attached hydrogen (secondary N) is 1. The van der Waals surface area contributed by atoms with Crippen molar-refractivity contribution in [3.05, 3.63) is 23.2 Å². The maximum Gasteiger partial charge on any atom is 0.301 e. The molecule has 0 aromatic carbocycles. The average Bonchev–Trinajstić information content (AvgIpc) is 2.67. The number of carbonyl (C=O) groups excluding carboxylic acids is 1. The molecule has 0 bridgehead atoms. The van der Waals surface area contributed by atoms with Gasteiger partial charge >= 0.3 is 5.91 Å². The Morgan fingerprint density at radius 1 is 1.63 bits per heavy atom. The molecule has 1 heterocycles. The second-order valence-corrected chi connectivity index (χ2v) is 5.39. The van der Waals surface area contributed by atoms with E-state index in [0.29, 0.717) is 12.5 Å². The van der Waals surface area contributed by atoms with Crippen molar-refractivity contribution in [1.29, 1.82) is 0 Å². The number of aliphatic hydroxyl groups is 1. The Kier molecular flexibility index (Phi) is 4.24. The maximum atomic E-state index is 11.4. The normalized spacial score (nSPS) is 22.4. The van der Waals surface area contributed by atoms with Gasteiger partial charge in [0.15, 0.2) is 5.76 Å². The van der Waals surface area contributed by atoms with Gasteiger partial charge in [0.05, 0.1) is 12.6 Å². The molecule has 2 rings (SSSR count). The minimum Gasteiger partial charge on any atom is -0.454 e. The number of amides is 1. The number of hydrogen-bond donors (Lipinski definition) is 3. The highest BCUT2D eigenvalue weighted by molar-refractivity contribution is 5.92. The van der Waals surface area contributed by atoms with E-state index in [2.05, 4.69) is 10.3 Å². The molecule has 0 saturated heterocycles. The highest BCUT2D eigenvalue weighted by Gasteiger charge is 2.28. The fourth-order valence-corrected chi connectivity index (χ4v) is 2.54. The van der Waals surface area contributed by atoms with Crippen LogP contribution in [-0.4, -0.2) is 35.6 Å². The van der Waals surface area contributed by atoms with Crippen LogP contribution in [0.25, 0.3) is 0 Å². The van der Waals surface area contributed by atoms with Crippen molar-refractivity contribution in [2.75, 3.05) is 13.6 Å². The van der Waals surface area contributed by atoms with E-state index in [0.717, 1.165) is 30.7 Å². The van der Waals surface area contributed by atoms with Gasteiger partial charge in [-0.15, -0.1) is 0 Å². The van der Waals surface area contributed by atoms with E-state index in [-0.39, 0.29) is 11.9 Å². The minimum absolute atomic E-state index is 0.121. The summed E-state index contributed by atoms with van der Waals surface area (Å²) in [6, 6.07) is 1.86. The van der Waals surface area contributed by atoms with Gasteiger partial charge in [-0.1, -0.05) is 0 Å². The second kappa shape index (κ2) is 5.73. The second-order valence-electron chi connectivity index (χ2n) is 5.39. The van der Waals surface area contributed by atoms with Gasteiger partial charge in [0, 0.05) is 12.1 Å². The molecule has 0 radical (unpaired) electrons. The molecule has 106 valence electrons. The predicted octanol–water partition coefficient (Wildman–Crippen LogP) is 0.394. The number of hydrogen-bond acceptors (Lipinski definition) is 5. The van der Waals surface area contributed by atoms with Gasteiger partial charge < -0.3 is 9.52 Å². The Bertz CT molecular complexity index is 452. The number of nitrogen functional groups attached to an aromatic ring is 1. The number of furan rings is 1. The van der Waals surface area contributed by atoms with Crippen molar-refractivity contribution in [3.63, 3.8) is 0 Å². The van der Waals surface area contributed by atoms with E-state index >= 15 is 0 Å². The summed E-state index contributed by atoms with van der Waals surface area (Å²) < 4.78 is 5.51. The molecule has 1 aromatic heterocycles. The molecule has 1 aliphatic carbocycles. The molecule has 1 saturated carbocycles. The van der Waals surface area contributed by atoms with Crippen LogP contribution in [0.2, 0.25) is 0 Å². The molecule has 0 unspecified atom stereocenters. The smallest absolute Gasteiger partial charge is 0.301 e. The van der Waals surface area contributed by atoms with E-state index in [1.807, 2.05) is 20.0 Å². The quantitative estimate of drug-likeness (QED) is 0.408. The van der Waals surface area contributed by atoms with Crippen molar-refractivity contribution in [2.24, 2.45) is 11.8 Å². The Morgan fingerprint density at radius 2 is 2.32 bits per heavy atom. The monoisotopic (exact) mass is 267 g/mol. The van der Waals surface area contributed by atoms with Crippen LogP contribution in [0.5, 0.6) is 0 Å². The summed E-state index contributed by atoms with van der Waals surface area (Å²) in [6.45, 7) is 3.39. The lowest BCUT2D eigenvalue weighted by molar-refractivity contribution is 0.0265. The Labute approximate surface area is 112 Å². The number of carbonyl (C=O) groups is 1. The summed E-state index contributed by atoms with van der Waals surface area (Å²) in [4.78, 5) is 13.6. The molecule has 1 aliphatic rings. The highest BCUT2D eigenvalue weighted by Crippen LogP contribution is 2.28. The lowest BCUT2D eigenvalue weighted by Crippen LogP contribution is -2.36. The number of aliphatic hydroxyl groups excluding tert-OH is 1. The number of rotatable bonds is 5. The summed E-state index contributed by atoms with van der Waals surface area (Å²) in [5.41, 5.74) is 2.85. The summed E-state index contributed by atoms with van der Waals surface area (Å²) in [6.07, 6.45) is 1.63. The van der Waals surface area contributed by atoms with Crippen LogP contribution in [-0.2, 0) is 6.54 Å². The van der Waals surface area contributed by atoms with Crippen molar-refractivity contribution in [2.45, 2.75) is 32.4 Å². The fourth-order valence-electron chi connectivity index (χ4n) is 2.54. The van der Waals surface area contributed by atoms with Crippen LogP contribution in [0.1, 0.15) is 34.7 Å². The van der Waals surface area contributed by atoms with E-state index in [1.165, 1.54) is 0 Å². The van der Waals surface area contributed by atoms with Gasteiger partial charge in [-0.25, -0.2) is 5.84 Å². The van der Waals surface area contributed by atoms with Crippen molar-refractivity contribution in [1.82, 2.24) is 10.3 Å². The lowest BCUT2D eigenvalue weighted by Gasteiger charge is -2.34. The standard InChI is InChI=1S/C13H21N3O3/c1-8-3-11(19-12(8)13(18)15-14)7-16(2)6-9-4-10(17)5-9/h3,9-10,17H,4-7,14H2,1-2H3,(H,15,18). The van der Waals surface area contributed by atoms with E-state index in [4.69, 9.17) is 10.3 Å². The molecule has 0 spiro atoms. The third-order valence-corrected chi connectivity index (χ3v) is 3.51. The number of hydrazine groups is 1. The van der Waals surface area contributed by atoms with Crippen LogP contribution in [0.4, 0.5) is 0 Å². The first-order valence-corrected chi connectivity index (χ1v) is 6.46. The van der Waals surface area contributed by atoms with Crippen molar-refractivity contribution in [3.8, 4) is 0 Å². The van der Waals surface area contributed by atoms with Gasteiger partial charge in [-0.2, -0.15) is 0 Å². The van der Waals surface area contributed by atoms with E-state index in [9.17, 15) is 9.90 Å². The minimum atomic E-state index is -0.409. The van der Waals surface area contributed by atoms with E-state index in [1.54, 1.807) is 0 Å². The van der Waals surface area contributed by atoms with E-state index < -0.39 is 5.91 Å². The third kappa shape index (κ3) is 3.34. The first-order valence-electron chi connectivity index (χ1n) is 6.46. The Morgan fingerprint density at radius 3 is 2.89 bits per heavy atom. The molecule has 1 fully saturated rings. The Balaban J connectivity index is 1.90. The van der Waals surface area contributed by atoms with Crippen LogP contribution in [0.15, 0.2) is 10.5 Å². The largest absolute Gasteiger partial charge is 0.454 e. The molecular weight excluding hydrogens is 246 g/mol. The molecule has 4 N–H and O–H groups in total. The molecule has 1 aromatic rings. The van der Waals surface area contributed by atoms with Gasteiger partial charge in [-0.3, -0.25) is 15.1 Å². The van der Waals surface area contributed by atoms with Crippen LogP contribution < -0.4 is 11.3 Å². The van der Waals surface area contributed by atoms with Crippen LogP contribution >= 0.6 is 0 Å². The molecule has 0 atom stereocenters. The molecule has 0 aliphatic heterocycles. The third-order valence-electron chi connectivity index (χ3n) is 3.51. The van der Waals surface area contributed by atoms with Gasteiger partial charge in [-0.05, 0) is 38.8 Å². The van der Waals surface area contributed by atoms with Gasteiger partial charge in [0.25, 0.3) is 0 Å². The number of nitrogens with zero attached hydrogens (tertiary/aromatic N) is 1. The number of nitrogens with two attached hydrogens (primary N) is 1. The SMILES string of the molecule is Cc1cc(CN(C)CC2CC(O)C2)oc1C(=O)NN. The summed E-state index contributed by atoms with van der Waals surface area (Å²) in [5, 5.41) is 9.26. The number of aryl methyl sites for hydroxylation is 1. The maximum absolute atomic E-state index is 11.4. The highest BCUT2D eigenvalue weighted by atomic mass is 16.4. The van der Waals surface area contributed by atoms with Crippen molar-refractivity contribution < 1.29 is 14.3 Å². The van der Waals surface area contributed by atoms with Gasteiger partial charge in [0.1, 0.15) is 5.76 Å². The zero-order valence-electron chi connectivity index (χ0n) is 11.3. The first-order chi connectivity index (χ1) is 8.99. The topological polar surface area (TPSA) is 91.7 Å². The molecule has 6 nitrogen and oxygen atoms in total. The average molecular weight is 267 g/mol. The molecular formula is C13H21N3O3. The van der Waals surface area contributed by atoms with Crippen LogP contribution in [0, 0.1) is 12.8 Å². The molecule has 19 heavy (non-hydrogen) atoms. The lowest BCUT2D eigenvalue weighted by atomic mass is 9.82. The molecule has 6 heteroatoms. The zero-order valence-corrected chi connectivity index (χ0v) is 11.3. The first kappa shape index (κ1) is 14.0. The molecule has 1 amide bonds. The summed E-state index contributed by atoms with van der Waals surface area (Å²) in [5.74, 6) is 6.26. The van der Waals surface area contributed by atoms with Crippen LogP contribution in [0.3, 0.4) is 0 Å².